The van der Waals surface area contributed by atoms with Crippen LogP contribution in [-0.4, -0.2) is 36.0 Å². The molecule has 0 saturated heterocycles. The second kappa shape index (κ2) is 7.88. The molecule has 0 radical (unpaired) electrons. The molecule has 0 spiro atoms. The van der Waals surface area contributed by atoms with Crippen LogP contribution in [0.3, 0.4) is 0 Å². The number of hydrogen-bond donors (Lipinski definition) is 2. The maximum absolute atomic E-state index is 12.2. The number of carbonyl (C=O) groups is 1. The molecule has 2 rings (SSSR count). The van der Waals surface area contributed by atoms with Gasteiger partial charge in [-0.3, -0.25) is 4.79 Å². The fourth-order valence-electron chi connectivity index (χ4n) is 2.05. The SMILES string of the molecule is CCCNc1cc(C(=O)NCCSC)nc2ccccc12. The standard InChI is InChI=1S/C16H21N3OS/c1-3-8-17-14-11-15(16(20)18-9-10-21-2)19-13-7-5-4-6-12(13)14/h4-7,11H,3,8-10H2,1-2H3,(H,17,19)(H,18,20). The summed E-state index contributed by atoms with van der Waals surface area (Å²) < 4.78 is 0. The number of thioether (sulfide) groups is 1. The average molecular weight is 303 g/mol. The van der Waals surface area contributed by atoms with Gasteiger partial charge in [0.05, 0.1) is 5.52 Å². The van der Waals surface area contributed by atoms with Crippen molar-refractivity contribution < 1.29 is 4.79 Å². The Balaban J connectivity index is 2.29. The quantitative estimate of drug-likeness (QED) is 0.772. The predicted molar refractivity (Wildman–Crippen MR) is 91.2 cm³/mol. The molecule has 112 valence electrons. The molecule has 0 unspecified atom stereocenters. The van der Waals surface area contributed by atoms with Crippen molar-refractivity contribution in [3.8, 4) is 0 Å². The first-order chi connectivity index (χ1) is 10.3. The van der Waals surface area contributed by atoms with Crippen LogP contribution in [0.2, 0.25) is 0 Å². The number of hydrogen-bond acceptors (Lipinski definition) is 4. The molecule has 2 N–H and O–H groups in total. The van der Waals surface area contributed by atoms with Gasteiger partial charge in [-0.25, -0.2) is 4.98 Å². The third kappa shape index (κ3) is 4.11. The van der Waals surface area contributed by atoms with E-state index in [0.29, 0.717) is 12.2 Å². The molecule has 0 atom stereocenters. The minimum absolute atomic E-state index is 0.116. The number of nitrogens with zero attached hydrogens (tertiary/aromatic N) is 1. The summed E-state index contributed by atoms with van der Waals surface area (Å²) >= 11 is 1.71. The van der Waals surface area contributed by atoms with Crippen molar-refractivity contribution in [2.75, 3.05) is 30.4 Å². The number of carbonyl (C=O) groups excluding carboxylic acids is 1. The summed E-state index contributed by atoms with van der Waals surface area (Å²) in [5, 5.41) is 7.32. The predicted octanol–water partition coefficient (Wildman–Crippen LogP) is 3.15. The van der Waals surface area contributed by atoms with Crippen molar-refractivity contribution in [3.05, 3.63) is 36.0 Å². The molecule has 1 aromatic carbocycles. The Morgan fingerprint density at radius 3 is 2.86 bits per heavy atom. The van der Waals surface area contributed by atoms with Crippen molar-refractivity contribution in [3.63, 3.8) is 0 Å². The number of aromatic nitrogens is 1. The molecular weight excluding hydrogens is 282 g/mol. The summed E-state index contributed by atoms with van der Waals surface area (Å²) in [6, 6.07) is 9.72. The first kappa shape index (κ1) is 15.6. The Bertz CT molecular complexity index is 615. The highest BCUT2D eigenvalue weighted by atomic mass is 32.2. The van der Waals surface area contributed by atoms with Crippen LogP contribution < -0.4 is 10.6 Å². The highest BCUT2D eigenvalue weighted by Crippen LogP contribution is 2.23. The van der Waals surface area contributed by atoms with Crippen LogP contribution in [0.25, 0.3) is 10.9 Å². The van der Waals surface area contributed by atoms with Crippen molar-refractivity contribution in [2.45, 2.75) is 13.3 Å². The average Bonchev–Trinajstić information content (AvgIpc) is 2.52. The van der Waals surface area contributed by atoms with Crippen LogP contribution in [0.4, 0.5) is 5.69 Å². The van der Waals surface area contributed by atoms with Gasteiger partial charge in [0.2, 0.25) is 0 Å². The molecule has 0 aliphatic rings. The van der Waals surface area contributed by atoms with Gasteiger partial charge in [-0.1, -0.05) is 25.1 Å². The molecule has 2 aromatic rings. The van der Waals surface area contributed by atoms with E-state index in [1.54, 1.807) is 11.8 Å². The van der Waals surface area contributed by atoms with Gasteiger partial charge in [-0.05, 0) is 24.8 Å². The largest absolute Gasteiger partial charge is 0.384 e. The first-order valence-electron chi connectivity index (χ1n) is 7.17. The lowest BCUT2D eigenvalue weighted by Crippen LogP contribution is -2.26. The summed E-state index contributed by atoms with van der Waals surface area (Å²) in [6.45, 7) is 3.65. The Hall–Kier alpha value is -1.75. The third-order valence-corrected chi connectivity index (χ3v) is 3.72. The molecule has 5 heteroatoms. The topological polar surface area (TPSA) is 54.0 Å². The van der Waals surface area contributed by atoms with Crippen molar-refractivity contribution in [1.82, 2.24) is 10.3 Å². The van der Waals surface area contributed by atoms with Gasteiger partial charge in [-0.2, -0.15) is 11.8 Å². The van der Waals surface area contributed by atoms with Crippen LogP contribution >= 0.6 is 11.8 Å². The van der Waals surface area contributed by atoms with E-state index in [1.165, 1.54) is 0 Å². The van der Waals surface area contributed by atoms with Crippen molar-refractivity contribution in [2.24, 2.45) is 0 Å². The van der Waals surface area contributed by atoms with Crippen molar-refractivity contribution in [1.29, 1.82) is 0 Å². The van der Waals surface area contributed by atoms with Gasteiger partial charge in [0.1, 0.15) is 5.69 Å². The van der Waals surface area contributed by atoms with E-state index in [4.69, 9.17) is 0 Å². The van der Waals surface area contributed by atoms with E-state index in [-0.39, 0.29) is 5.91 Å². The molecule has 0 aliphatic heterocycles. The number of fused-ring (bicyclic) bond motifs is 1. The molecule has 0 fully saturated rings. The summed E-state index contributed by atoms with van der Waals surface area (Å²) in [7, 11) is 0. The first-order valence-corrected chi connectivity index (χ1v) is 8.56. The van der Waals surface area contributed by atoms with Gasteiger partial charge in [0, 0.05) is 29.9 Å². The molecular formula is C16H21N3OS. The molecule has 0 saturated carbocycles. The Kier molecular flexibility index (Phi) is 5.87. The highest BCUT2D eigenvalue weighted by Gasteiger charge is 2.11. The zero-order valence-corrected chi connectivity index (χ0v) is 13.3. The smallest absolute Gasteiger partial charge is 0.270 e. The zero-order chi connectivity index (χ0) is 15.1. The van der Waals surface area contributed by atoms with Gasteiger partial charge >= 0.3 is 0 Å². The van der Waals surface area contributed by atoms with Gasteiger partial charge in [-0.15, -0.1) is 0 Å². The number of nitrogens with one attached hydrogen (secondary N) is 2. The summed E-state index contributed by atoms with van der Waals surface area (Å²) in [5.74, 6) is 0.787. The zero-order valence-electron chi connectivity index (χ0n) is 12.5. The van der Waals surface area contributed by atoms with Crippen LogP contribution in [0.15, 0.2) is 30.3 Å². The summed E-state index contributed by atoms with van der Waals surface area (Å²) in [5.41, 5.74) is 2.28. The van der Waals surface area contributed by atoms with Crippen LogP contribution in [-0.2, 0) is 0 Å². The number of anilines is 1. The van der Waals surface area contributed by atoms with Crippen molar-refractivity contribution >= 4 is 34.3 Å². The molecule has 1 amide bonds. The van der Waals surface area contributed by atoms with Gasteiger partial charge in [0.15, 0.2) is 0 Å². The number of benzene rings is 1. The summed E-state index contributed by atoms with van der Waals surface area (Å²) in [4.78, 5) is 16.6. The van der Waals surface area contributed by atoms with E-state index in [2.05, 4.69) is 22.5 Å². The highest BCUT2D eigenvalue weighted by molar-refractivity contribution is 7.98. The maximum Gasteiger partial charge on any atom is 0.270 e. The lowest BCUT2D eigenvalue weighted by Gasteiger charge is -2.11. The van der Waals surface area contributed by atoms with Gasteiger partial charge < -0.3 is 10.6 Å². The van der Waals surface area contributed by atoms with Crippen LogP contribution in [0.1, 0.15) is 23.8 Å². The Morgan fingerprint density at radius 1 is 1.29 bits per heavy atom. The van der Waals surface area contributed by atoms with Crippen LogP contribution in [0.5, 0.6) is 0 Å². The number of para-hydroxylation sites is 1. The second-order valence-corrected chi connectivity index (χ2v) is 5.73. The molecule has 21 heavy (non-hydrogen) atoms. The van der Waals surface area contributed by atoms with E-state index >= 15 is 0 Å². The minimum Gasteiger partial charge on any atom is -0.384 e. The van der Waals surface area contributed by atoms with E-state index in [0.717, 1.165) is 35.3 Å². The molecule has 0 bridgehead atoms. The molecule has 4 nitrogen and oxygen atoms in total. The van der Waals surface area contributed by atoms with E-state index < -0.39 is 0 Å². The van der Waals surface area contributed by atoms with Gasteiger partial charge in [0.25, 0.3) is 5.91 Å². The molecule has 1 heterocycles. The van der Waals surface area contributed by atoms with E-state index in [9.17, 15) is 4.79 Å². The lowest BCUT2D eigenvalue weighted by atomic mass is 10.1. The monoisotopic (exact) mass is 303 g/mol. The minimum atomic E-state index is -0.116. The molecule has 1 aromatic heterocycles. The number of pyridine rings is 1. The number of amides is 1. The van der Waals surface area contributed by atoms with Crippen LogP contribution in [0, 0.1) is 0 Å². The normalized spacial score (nSPS) is 10.6. The second-order valence-electron chi connectivity index (χ2n) is 4.75. The third-order valence-electron chi connectivity index (χ3n) is 3.11. The fraction of sp³-hybridized carbons (Fsp3) is 0.375. The summed E-state index contributed by atoms with van der Waals surface area (Å²) in [6.07, 6.45) is 3.05. The van der Waals surface area contributed by atoms with E-state index in [1.807, 2.05) is 36.6 Å². The molecule has 0 aliphatic carbocycles. The number of rotatable bonds is 7. The Labute approximate surface area is 129 Å². The fourth-order valence-corrected chi connectivity index (χ4v) is 2.36. The maximum atomic E-state index is 12.2. The lowest BCUT2D eigenvalue weighted by molar-refractivity contribution is 0.0951. The Morgan fingerprint density at radius 2 is 2.10 bits per heavy atom.